The topological polar surface area (TPSA) is 67.1 Å². The van der Waals surface area contributed by atoms with Gasteiger partial charge in [-0.25, -0.2) is 0 Å². The van der Waals surface area contributed by atoms with Crippen molar-refractivity contribution in [1.82, 2.24) is 25.3 Å². The summed E-state index contributed by atoms with van der Waals surface area (Å²) in [6.07, 6.45) is 0. The van der Waals surface area contributed by atoms with E-state index in [0.29, 0.717) is 11.7 Å². The van der Waals surface area contributed by atoms with Gasteiger partial charge in [-0.15, -0.1) is 0 Å². The van der Waals surface area contributed by atoms with Crippen molar-refractivity contribution in [2.75, 3.05) is 26.2 Å². The van der Waals surface area contributed by atoms with Crippen molar-refractivity contribution in [2.24, 2.45) is 0 Å². The number of nitrogens with one attached hydrogen (secondary N) is 1. The lowest BCUT2D eigenvalue weighted by atomic mass is 10.2. The van der Waals surface area contributed by atoms with Crippen LogP contribution < -0.4 is 5.32 Å². The molecule has 3 rings (SSSR count). The molecule has 1 N–H and O–H groups in total. The lowest BCUT2D eigenvalue weighted by Crippen LogP contribution is -2.44. The molecule has 1 aliphatic rings. The molecular formula is C15H21N5O. The average Bonchev–Trinajstić information content (AvgIpc) is 2.96. The molecule has 1 aliphatic heterocycles. The van der Waals surface area contributed by atoms with Gasteiger partial charge >= 0.3 is 0 Å². The molecule has 21 heavy (non-hydrogen) atoms. The van der Waals surface area contributed by atoms with Crippen LogP contribution in [0.4, 0.5) is 0 Å². The Balaban J connectivity index is 1.82. The zero-order valence-electron chi connectivity index (χ0n) is 12.8. The largest absolute Gasteiger partial charge is 0.337 e. The summed E-state index contributed by atoms with van der Waals surface area (Å²) >= 11 is 0. The highest BCUT2D eigenvalue weighted by Crippen LogP contribution is 2.23. The van der Waals surface area contributed by atoms with Gasteiger partial charge in [0, 0.05) is 43.1 Å². The molecule has 2 aromatic heterocycles. The van der Waals surface area contributed by atoms with E-state index in [4.69, 9.17) is 4.52 Å². The maximum Gasteiger partial charge on any atom is 0.244 e. The van der Waals surface area contributed by atoms with Crippen LogP contribution >= 0.6 is 0 Å². The maximum atomic E-state index is 5.47. The van der Waals surface area contributed by atoms with Gasteiger partial charge in [0.05, 0.1) is 6.04 Å². The van der Waals surface area contributed by atoms with Crippen LogP contribution in [0.2, 0.25) is 0 Å². The van der Waals surface area contributed by atoms with Crippen molar-refractivity contribution in [3.8, 4) is 11.4 Å². The zero-order valence-corrected chi connectivity index (χ0v) is 12.8. The Labute approximate surface area is 124 Å². The smallest absolute Gasteiger partial charge is 0.244 e. The molecule has 6 heteroatoms. The molecule has 0 amide bonds. The van der Waals surface area contributed by atoms with Crippen molar-refractivity contribution >= 4 is 0 Å². The Bertz CT molecular complexity index is 598. The Kier molecular flexibility index (Phi) is 3.98. The molecule has 0 saturated carbocycles. The molecule has 1 atom stereocenters. The van der Waals surface area contributed by atoms with Crippen molar-refractivity contribution in [3.05, 3.63) is 29.4 Å². The minimum Gasteiger partial charge on any atom is -0.337 e. The van der Waals surface area contributed by atoms with E-state index in [9.17, 15) is 0 Å². The van der Waals surface area contributed by atoms with Gasteiger partial charge in [-0.2, -0.15) is 4.98 Å². The van der Waals surface area contributed by atoms with Crippen LogP contribution in [0.3, 0.4) is 0 Å². The Morgan fingerprint density at radius 2 is 1.81 bits per heavy atom. The lowest BCUT2D eigenvalue weighted by molar-refractivity contribution is 0.154. The van der Waals surface area contributed by atoms with Gasteiger partial charge in [-0.05, 0) is 32.9 Å². The van der Waals surface area contributed by atoms with Crippen LogP contribution in [-0.4, -0.2) is 46.2 Å². The lowest BCUT2D eigenvalue weighted by Gasteiger charge is -2.30. The van der Waals surface area contributed by atoms with E-state index in [0.717, 1.165) is 43.1 Å². The molecule has 6 nitrogen and oxygen atoms in total. The molecule has 0 radical (unpaired) electrons. The summed E-state index contributed by atoms with van der Waals surface area (Å²) in [4.78, 5) is 11.3. The number of aryl methyl sites for hydroxylation is 2. The van der Waals surface area contributed by atoms with Crippen LogP contribution in [0, 0.1) is 13.8 Å². The van der Waals surface area contributed by atoms with Crippen LogP contribution in [0.25, 0.3) is 11.4 Å². The highest BCUT2D eigenvalue weighted by atomic mass is 16.5. The predicted molar refractivity (Wildman–Crippen MR) is 79.9 cm³/mol. The SMILES string of the molecule is Cc1cc(-c2noc(C(C)N3CCNCC3)n2)cc(C)n1. The fourth-order valence-electron chi connectivity index (χ4n) is 2.71. The molecule has 0 spiro atoms. The summed E-state index contributed by atoms with van der Waals surface area (Å²) < 4.78 is 5.47. The highest BCUT2D eigenvalue weighted by Gasteiger charge is 2.23. The second-order valence-electron chi connectivity index (χ2n) is 5.56. The van der Waals surface area contributed by atoms with E-state index in [1.807, 2.05) is 26.0 Å². The summed E-state index contributed by atoms with van der Waals surface area (Å²) in [6.45, 7) is 10.1. The second kappa shape index (κ2) is 5.91. The summed E-state index contributed by atoms with van der Waals surface area (Å²) in [5.41, 5.74) is 2.89. The standard InChI is InChI=1S/C15H21N5O/c1-10-8-13(9-11(2)17-10)14-18-15(21-19-14)12(3)20-6-4-16-5-7-20/h8-9,12,16H,4-7H2,1-3H3. The molecule has 0 aromatic carbocycles. The van der Waals surface area contributed by atoms with Crippen molar-refractivity contribution < 1.29 is 4.52 Å². The fourth-order valence-corrected chi connectivity index (χ4v) is 2.71. The normalized spacial score (nSPS) is 17.9. The van der Waals surface area contributed by atoms with Crippen molar-refractivity contribution in [1.29, 1.82) is 0 Å². The van der Waals surface area contributed by atoms with Gasteiger partial charge < -0.3 is 9.84 Å². The van der Waals surface area contributed by atoms with Crippen LogP contribution in [-0.2, 0) is 0 Å². The summed E-state index contributed by atoms with van der Waals surface area (Å²) in [6, 6.07) is 4.12. The van der Waals surface area contributed by atoms with Gasteiger partial charge in [-0.3, -0.25) is 9.88 Å². The number of rotatable bonds is 3. The van der Waals surface area contributed by atoms with E-state index < -0.39 is 0 Å². The molecule has 2 aromatic rings. The maximum absolute atomic E-state index is 5.47. The van der Waals surface area contributed by atoms with E-state index in [2.05, 4.69) is 32.3 Å². The van der Waals surface area contributed by atoms with Crippen LogP contribution in [0.5, 0.6) is 0 Å². The third kappa shape index (κ3) is 3.11. The molecule has 0 bridgehead atoms. The quantitative estimate of drug-likeness (QED) is 0.927. The van der Waals surface area contributed by atoms with Gasteiger partial charge in [-0.1, -0.05) is 5.16 Å². The minimum absolute atomic E-state index is 0.150. The zero-order chi connectivity index (χ0) is 14.8. The monoisotopic (exact) mass is 287 g/mol. The summed E-state index contributed by atoms with van der Waals surface area (Å²) in [7, 11) is 0. The van der Waals surface area contributed by atoms with Gasteiger partial charge in [0.25, 0.3) is 0 Å². The van der Waals surface area contributed by atoms with Gasteiger partial charge in [0.15, 0.2) is 0 Å². The Morgan fingerprint density at radius 1 is 1.14 bits per heavy atom. The highest BCUT2D eigenvalue weighted by molar-refractivity contribution is 5.55. The number of hydrogen-bond acceptors (Lipinski definition) is 6. The van der Waals surface area contributed by atoms with Crippen molar-refractivity contribution in [3.63, 3.8) is 0 Å². The predicted octanol–water partition coefficient (Wildman–Crippen LogP) is 1.71. The molecule has 1 saturated heterocycles. The van der Waals surface area contributed by atoms with E-state index in [1.54, 1.807) is 0 Å². The van der Waals surface area contributed by atoms with E-state index >= 15 is 0 Å². The molecule has 112 valence electrons. The second-order valence-corrected chi connectivity index (χ2v) is 5.56. The third-order valence-electron chi connectivity index (χ3n) is 3.84. The first kappa shape index (κ1) is 14.2. The Morgan fingerprint density at radius 3 is 2.48 bits per heavy atom. The molecule has 3 heterocycles. The number of nitrogens with zero attached hydrogens (tertiary/aromatic N) is 4. The van der Waals surface area contributed by atoms with Crippen molar-refractivity contribution in [2.45, 2.75) is 26.8 Å². The molecule has 0 aliphatic carbocycles. The van der Waals surface area contributed by atoms with Crippen LogP contribution in [0.15, 0.2) is 16.7 Å². The van der Waals surface area contributed by atoms with Gasteiger partial charge in [0.1, 0.15) is 0 Å². The number of aromatic nitrogens is 3. The first-order chi connectivity index (χ1) is 10.1. The molecular weight excluding hydrogens is 266 g/mol. The number of piperazine rings is 1. The number of pyridine rings is 1. The fraction of sp³-hybridized carbons (Fsp3) is 0.533. The summed E-state index contributed by atoms with van der Waals surface area (Å²) in [5.74, 6) is 1.32. The Hall–Kier alpha value is -1.79. The first-order valence-corrected chi connectivity index (χ1v) is 7.37. The van der Waals surface area contributed by atoms with Gasteiger partial charge in [0.2, 0.25) is 11.7 Å². The molecule has 1 unspecified atom stereocenters. The number of hydrogen-bond donors (Lipinski definition) is 1. The molecule has 1 fully saturated rings. The van der Waals surface area contributed by atoms with Crippen LogP contribution in [0.1, 0.15) is 30.2 Å². The average molecular weight is 287 g/mol. The summed E-state index contributed by atoms with van der Waals surface area (Å²) in [5, 5.41) is 7.48. The minimum atomic E-state index is 0.150. The first-order valence-electron chi connectivity index (χ1n) is 7.37. The van der Waals surface area contributed by atoms with E-state index in [1.165, 1.54) is 0 Å². The third-order valence-corrected chi connectivity index (χ3v) is 3.84. The van der Waals surface area contributed by atoms with E-state index in [-0.39, 0.29) is 6.04 Å².